The number of carboxylic acid groups (broad SMARTS) is 1. The van der Waals surface area contributed by atoms with Gasteiger partial charge in [-0.15, -0.1) is 0 Å². The van der Waals surface area contributed by atoms with E-state index >= 15 is 0 Å². The summed E-state index contributed by atoms with van der Waals surface area (Å²) in [5, 5.41) is 8.68. The minimum atomic E-state index is -0.934. The van der Waals surface area contributed by atoms with Crippen molar-refractivity contribution in [3.8, 4) is 0 Å². The first-order valence-corrected chi connectivity index (χ1v) is 6.96. The van der Waals surface area contributed by atoms with Crippen molar-refractivity contribution in [2.75, 3.05) is 11.4 Å². The Morgan fingerprint density at radius 1 is 1.19 bits per heavy atom. The molecule has 3 heteroatoms. The Morgan fingerprint density at radius 2 is 1.90 bits per heavy atom. The molecule has 1 N–H and O–H groups in total. The normalized spacial score (nSPS) is 10.8. The van der Waals surface area contributed by atoms with Crippen molar-refractivity contribution >= 4 is 23.4 Å². The minimum absolute atomic E-state index is 0.870. The molecule has 0 aliphatic heterocycles. The lowest BCUT2D eigenvalue weighted by atomic mass is 10.1. The van der Waals surface area contributed by atoms with Crippen LogP contribution in [0, 0.1) is 6.92 Å². The lowest BCUT2D eigenvalue weighted by Crippen LogP contribution is -2.16. The zero-order chi connectivity index (χ0) is 15.2. The number of aryl methyl sites for hydroxylation is 1. The molecule has 0 heterocycles. The number of rotatable bonds is 5. The van der Waals surface area contributed by atoms with Crippen molar-refractivity contribution in [1.29, 1.82) is 0 Å². The Balaban J connectivity index is 2.33. The van der Waals surface area contributed by atoms with E-state index < -0.39 is 5.97 Å². The molecule has 2 aromatic rings. The molecule has 0 bridgehead atoms. The summed E-state index contributed by atoms with van der Waals surface area (Å²) in [4.78, 5) is 12.8. The third-order valence-electron chi connectivity index (χ3n) is 3.31. The van der Waals surface area contributed by atoms with Crippen molar-refractivity contribution in [2.24, 2.45) is 0 Å². The maximum atomic E-state index is 10.6. The van der Waals surface area contributed by atoms with Crippen molar-refractivity contribution in [1.82, 2.24) is 0 Å². The highest BCUT2D eigenvalue weighted by Gasteiger charge is 2.09. The van der Waals surface area contributed by atoms with E-state index in [1.807, 2.05) is 43.3 Å². The average molecular weight is 281 g/mol. The summed E-state index contributed by atoms with van der Waals surface area (Å²) in [5.41, 5.74) is 4.30. The molecule has 0 unspecified atom stereocenters. The zero-order valence-electron chi connectivity index (χ0n) is 12.3. The van der Waals surface area contributed by atoms with Crippen LogP contribution in [0.3, 0.4) is 0 Å². The van der Waals surface area contributed by atoms with E-state index in [1.54, 1.807) is 6.08 Å². The molecule has 108 valence electrons. The molecule has 0 saturated heterocycles. The highest BCUT2D eigenvalue weighted by molar-refractivity contribution is 5.85. The molecule has 2 rings (SSSR count). The topological polar surface area (TPSA) is 40.5 Å². The molecular formula is C18H19NO2. The molecule has 0 amide bonds. The number of hydrogen-bond donors (Lipinski definition) is 1. The maximum absolute atomic E-state index is 10.6. The van der Waals surface area contributed by atoms with E-state index in [0.717, 1.165) is 35.1 Å². The summed E-state index contributed by atoms with van der Waals surface area (Å²) in [6.07, 6.45) is 2.77. The summed E-state index contributed by atoms with van der Waals surface area (Å²) in [6, 6.07) is 16.2. The quantitative estimate of drug-likeness (QED) is 0.833. The molecule has 21 heavy (non-hydrogen) atoms. The SMILES string of the molecule is CCN(c1ccccc1)c1ccc(C=CC(=O)O)cc1C. The predicted octanol–water partition coefficient (Wildman–Crippen LogP) is 4.25. The molecule has 0 aromatic heterocycles. The lowest BCUT2D eigenvalue weighted by molar-refractivity contribution is -0.131. The van der Waals surface area contributed by atoms with Gasteiger partial charge in [-0.3, -0.25) is 0 Å². The van der Waals surface area contributed by atoms with Gasteiger partial charge >= 0.3 is 5.97 Å². The Bertz CT molecular complexity index is 648. The van der Waals surface area contributed by atoms with Crippen LogP contribution < -0.4 is 4.90 Å². The number of anilines is 2. The summed E-state index contributed by atoms with van der Waals surface area (Å²) in [5.74, 6) is -0.934. The second kappa shape index (κ2) is 6.75. The second-order valence-corrected chi connectivity index (χ2v) is 4.80. The number of hydrogen-bond acceptors (Lipinski definition) is 2. The first-order valence-electron chi connectivity index (χ1n) is 6.96. The van der Waals surface area contributed by atoms with Gasteiger partial charge < -0.3 is 10.0 Å². The van der Waals surface area contributed by atoms with Gasteiger partial charge in [0.15, 0.2) is 0 Å². The molecule has 0 spiro atoms. The van der Waals surface area contributed by atoms with Gasteiger partial charge in [-0.25, -0.2) is 4.79 Å². The Labute approximate surface area is 125 Å². The summed E-state index contributed by atoms with van der Waals surface area (Å²) in [7, 11) is 0. The number of carbonyl (C=O) groups is 1. The van der Waals surface area contributed by atoms with Gasteiger partial charge in [0.25, 0.3) is 0 Å². The van der Waals surface area contributed by atoms with Crippen LogP contribution in [0.1, 0.15) is 18.1 Å². The van der Waals surface area contributed by atoms with Gasteiger partial charge in [0, 0.05) is 24.0 Å². The largest absolute Gasteiger partial charge is 0.478 e. The predicted molar refractivity (Wildman–Crippen MR) is 87.0 cm³/mol. The van der Waals surface area contributed by atoms with Crippen molar-refractivity contribution in [3.05, 3.63) is 65.7 Å². The highest BCUT2D eigenvalue weighted by atomic mass is 16.4. The molecule has 2 aromatic carbocycles. The smallest absolute Gasteiger partial charge is 0.328 e. The average Bonchev–Trinajstić information content (AvgIpc) is 2.49. The van der Waals surface area contributed by atoms with Crippen LogP contribution in [0.5, 0.6) is 0 Å². The lowest BCUT2D eigenvalue weighted by Gasteiger charge is -2.25. The highest BCUT2D eigenvalue weighted by Crippen LogP contribution is 2.28. The van der Waals surface area contributed by atoms with E-state index in [0.29, 0.717) is 0 Å². The van der Waals surface area contributed by atoms with Gasteiger partial charge in [-0.05, 0) is 55.3 Å². The third-order valence-corrected chi connectivity index (χ3v) is 3.31. The minimum Gasteiger partial charge on any atom is -0.478 e. The van der Waals surface area contributed by atoms with Crippen molar-refractivity contribution < 1.29 is 9.90 Å². The summed E-state index contributed by atoms with van der Waals surface area (Å²) in [6.45, 7) is 5.03. The third kappa shape index (κ3) is 3.72. The second-order valence-electron chi connectivity index (χ2n) is 4.80. The van der Waals surface area contributed by atoms with Crippen LogP contribution in [-0.4, -0.2) is 17.6 Å². The van der Waals surface area contributed by atoms with Crippen LogP contribution in [0.2, 0.25) is 0 Å². The number of benzene rings is 2. The molecular weight excluding hydrogens is 262 g/mol. The number of aliphatic carboxylic acids is 1. The van der Waals surface area contributed by atoms with Gasteiger partial charge in [0.2, 0.25) is 0 Å². The Hall–Kier alpha value is -2.55. The first kappa shape index (κ1) is 14.9. The van der Waals surface area contributed by atoms with Crippen LogP contribution >= 0.6 is 0 Å². The number of carboxylic acids is 1. The van der Waals surface area contributed by atoms with Crippen LogP contribution in [0.4, 0.5) is 11.4 Å². The molecule has 0 aliphatic carbocycles. The molecule has 0 aliphatic rings. The van der Waals surface area contributed by atoms with Crippen LogP contribution in [0.15, 0.2) is 54.6 Å². The zero-order valence-corrected chi connectivity index (χ0v) is 12.3. The van der Waals surface area contributed by atoms with Crippen LogP contribution in [-0.2, 0) is 4.79 Å². The maximum Gasteiger partial charge on any atom is 0.328 e. The van der Waals surface area contributed by atoms with Gasteiger partial charge in [0.1, 0.15) is 0 Å². The molecule has 0 fully saturated rings. The van der Waals surface area contributed by atoms with Crippen molar-refractivity contribution in [3.63, 3.8) is 0 Å². The monoisotopic (exact) mass is 281 g/mol. The summed E-state index contributed by atoms with van der Waals surface area (Å²) >= 11 is 0. The molecule has 0 atom stereocenters. The van der Waals surface area contributed by atoms with E-state index in [4.69, 9.17) is 5.11 Å². The van der Waals surface area contributed by atoms with E-state index in [1.165, 1.54) is 0 Å². The Kier molecular flexibility index (Phi) is 4.77. The van der Waals surface area contributed by atoms with Gasteiger partial charge in [0.05, 0.1) is 0 Å². The van der Waals surface area contributed by atoms with Crippen LogP contribution in [0.25, 0.3) is 6.08 Å². The fourth-order valence-electron chi connectivity index (χ4n) is 2.35. The van der Waals surface area contributed by atoms with E-state index in [9.17, 15) is 4.79 Å². The number of para-hydroxylation sites is 1. The van der Waals surface area contributed by atoms with Gasteiger partial charge in [-0.2, -0.15) is 0 Å². The fraction of sp³-hybridized carbons (Fsp3) is 0.167. The fourth-order valence-corrected chi connectivity index (χ4v) is 2.35. The number of nitrogens with zero attached hydrogens (tertiary/aromatic N) is 1. The Morgan fingerprint density at radius 3 is 2.48 bits per heavy atom. The molecule has 0 radical (unpaired) electrons. The molecule has 0 saturated carbocycles. The van der Waals surface area contributed by atoms with Crippen molar-refractivity contribution in [2.45, 2.75) is 13.8 Å². The van der Waals surface area contributed by atoms with E-state index in [-0.39, 0.29) is 0 Å². The van der Waals surface area contributed by atoms with Gasteiger partial charge in [-0.1, -0.05) is 24.3 Å². The molecule has 3 nitrogen and oxygen atoms in total. The standard InChI is InChI=1S/C18H19NO2/c1-3-19(16-7-5-4-6-8-16)17-11-9-15(13-14(17)2)10-12-18(20)21/h4-13H,3H2,1-2H3,(H,20,21). The van der Waals surface area contributed by atoms with E-state index in [2.05, 4.69) is 24.0 Å². The summed E-state index contributed by atoms with van der Waals surface area (Å²) < 4.78 is 0. The first-order chi connectivity index (χ1) is 10.1.